The van der Waals surface area contributed by atoms with Gasteiger partial charge in [-0.3, -0.25) is 4.68 Å². The van der Waals surface area contributed by atoms with E-state index in [0.717, 1.165) is 0 Å². The summed E-state index contributed by atoms with van der Waals surface area (Å²) in [6.45, 7) is 0. The van der Waals surface area contributed by atoms with Crippen molar-refractivity contribution in [1.29, 1.82) is 0 Å². The lowest BCUT2D eigenvalue weighted by atomic mass is 10.1. The molecule has 2 rings (SSSR count). The molecule has 1 aromatic heterocycles. The fraction of sp³-hybridized carbons (Fsp3) is 0.167. The Hall–Kier alpha value is -2.01. The minimum atomic E-state index is -1.07. The average Bonchev–Trinajstić information content (AvgIpc) is 2.72. The van der Waals surface area contributed by atoms with Crippen molar-refractivity contribution in [3.63, 3.8) is 0 Å². The predicted octanol–water partition coefficient (Wildman–Crippen LogP) is 2.45. The fourth-order valence-electron chi connectivity index (χ4n) is 1.65. The summed E-state index contributed by atoms with van der Waals surface area (Å²) in [6.07, 6.45) is 0. The molecule has 1 aromatic carbocycles. The Labute approximate surface area is 109 Å². The highest BCUT2D eigenvalue weighted by atomic mass is 35.5. The average molecular weight is 267 g/mol. The molecule has 6 heteroatoms. The van der Waals surface area contributed by atoms with Gasteiger partial charge in [0.05, 0.1) is 17.8 Å². The van der Waals surface area contributed by atoms with Crippen LogP contribution in [-0.2, 0) is 7.05 Å². The summed E-state index contributed by atoms with van der Waals surface area (Å²) in [5.41, 5.74) is 1.28. The van der Waals surface area contributed by atoms with Crippen LogP contribution in [0.4, 0.5) is 0 Å². The van der Waals surface area contributed by atoms with Gasteiger partial charge in [-0.05, 0) is 24.3 Å². The Morgan fingerprint density at radius 1 is 1.44 bits per heavy atom. The maximum atomic E-state index is 10.9. The second kappa shape index (κ2) is 4.70. The van der Waals surface area contributed by atoms with Gasteiger partial charge in [-0.15, -0.1) is 0 Å². The topological polar surface area (TPSA) is 64.3 Å². The summed E-state index contributed by atoms with van der Waals surface area (Å²) in [5.74, 6) is -0.427. The number of ether oxygens (including phenoxy) is 1. The SMILES string of the molecule is COc1ccc(Cl)c(-c2cc(C(=O)O)nn2C)c1. The number of carboxylic acids is 1. The molecule has 0 saturated heterocycles. The maximum Gasteiger partial charge on any atom is 0.356 e. The van der Waals surface area contributed by atoms with Crippen LogP contribution in [0.3, 0.4) is 0 Å². The molecule has 0 atom stereocenters. The highest BCUT2D eigenvalue weighted by Gasteiger charge is 2.15. The molecule has 0 aliphatic heterocycles. The second-order valence-electron chi connectivity index (χ2n) is 3.69. The molecule has 0 aliphatic carbocycles. The quantitative estimate of drug-likeness (QED) is 0.927. The monoisotopic (exact) mass is 266 g/mol. The number of halogens is 1. The van der Waals surface area contributed by atoms with E-state index in [1.807, 2.05) is 0 Å². The zero-order valence-electron chi connectivity index (χ0n) is 9.85. The first-order valence-corrected chi connectivity index (χ1v) is 5.52. The number of nitrogens with zero attached hydrogens (tertiary/aromatic N) is 2. The summed E-state index contributed by atoms with van der Waals surface area (Å²) in [5, 5.41) is 13.3. The van der Waals surface area contributed by atoms with E-state index in [-0.39, 0.29) is 5.69 Å². The third kappa shape index (κ3) is 2.17. The summed E-state index contributed by atoms with van der Waals surface area (Å²) in [7, 11) is 3.22. The van der Waals surface area contributed by atoms with Gasteiger partial charge < -0.3 is 9.84 Å². The van der Waals surface area contributed by atoms with Crippen LogP contribution in [0.5, 0.6) is 5.75 Å². The largest absolute Gasteiger partial charge is 0.497 e. The molecule has 0 spiro atoms. The molecule has 1 heterocycles. The highest BCUT2D eigenvalue weighted by molar-refractivity contribution is 6.33. The first-order valence-electron chi connectivity index (χ1n) is 5.14. The summed E-state index contributed by atoms with van der Waals surface area (Å²) < 4.78 is 6.60. The molecule has 94 valence electrons. The number of benzene rings is 1. The molecule has 0 fully saturated rings. The van der Waals surface area contributed by atoms with Gasteiger partial charge in [0, 0.05) is 12.6 Å². The van der Waals surface area contributed by atoms with E-state index in [9.17, 15) is 4.79 Å². The molecule has 0 bridgehead atoms. The number of carboxylic acid groups (broad SMARTS) is 1. The van der Waals surface area contributed by atoms with Crippen molar-refractivity contribution < 1.29 is 14.6 Å². The van der Waals surface area contributed by atoms with E-state index >= 15 is 0 Å². The van der Waals surface area contributed by atoms with Gasteiger partial charge in [0.15, 0.2) is 5.69 Å². The van der Waals surface area contributed by atoms with Crippen molar-refractivity contribution in [3.8, 4) is 17.0 Å². The van der Waals surface area contributed by atoms with E-state index < -0.39 is 5.97 Å². The molecule has 1 N–H and O–H groups in total. The molecular formula is C12H11ClN2O3. The minimum Gasteiger partial charge on any atom is -0.497 e. The number of carbonyl (C=O) groups is 1. The fourth-order valence-corrected chi connectivity index (χ4v) is 1.87. The number of hydrogen-bond donors (Lipinski definition) is 1. The first-order chi connectivity index (χ1) is 8.52. The van der Waals surface area contributed by atoms with E-state index in [1.54, 1.807) is 32.4 Å². The minimum absolute atomic E-state index is 0.0219. The van der Waals surface area contributed by atoms with E-state index in [0.29, 0.717) is 22.0 Å². The van der Waals surface area contributed by atoms with Gasteiger partial charge >= 0.3 is 5.97 Å². The number of rotatable bonds is 3. The number of methoxy groups -OCH3 is 1. The van der Waals surface area contributed by atoms with E-state index in [1.165, 1.54) is 10.7 Å². The van der Waals surface area contributed by atoms with Crippen LogP contribution in [0.2, 0.25) is 5.02 Å². The lowest BCUT2D eigenvalue weighted by Crippen LogP contribution is -1.99. The number of aromatic carboxylic acids is 1. The van der Waals surface area contributed by atoms with Crippen LogP contribution >= 0.6 is 11.6 Å². The number of aryl methyl sites for hydroxylation is 1. The summed E-state index contributed by atoms with van der Waals surface area (Å²) >= 11 is 6.10. The van der Waals surface area contributed by atoms with Crippen molar-refractivity contribution in [2.24, 2.45) is 7.05 Å². The molecule has 0 saturated carbocycles. The van der Waals surface area contributed by atoms with Gasteiger partial charge in [0.2, 0.25) is 0 Å². The molecule has 0 unspecified atom stereocenters. The number of aromatic nitrogens is 2. The standard InChI is InChI=1S/C12H11ClN2O3/c1-15-11(6-10(14-15)12(16)17)8-5-7(18-2)3-4-9(8)13/h3-6H,1-2H3,(H,16,17). The van der Waals surface area contributed by atoms with Crippen LogP contribution in [-0.4, -0.2) is 28.0 Å². The molecular weight excluding hydrogens is 256 g/mol. The zero-order chi connectivity index (χ0) is 13.3. The third-order valence-corrected chi connectivity index (χ3v) is 2.88. The molecule has 0 amide bonds. The van der Waals surface area contributed by atoms with Crippen molar-refractivity contribution in [1.82, 2.24) is 9.78 Å². The van der Waals surface area contributed by atoms with Crippen molar-refractivity contribution in [3.05, 3.63) is 35.0 Å². The molecule has 5 nitrogen and oxygen atoms in total. The molecule has 0 radical (unpaired) electrons. The van der Waals surface area contributed by atoms with E-state index in [4.69, 9.17) is 21.4 Å². The van der Waals surface area contributed by atoms with Gasteiger partial charge in [-0.25, -0.2) is 4.79 Å². The van der Waals surface area contributed by atoms with Gasteiger partial charge in [0.25, 0.3) is 0 Å². The normalized spacial score (nSPS) is 10.4. The Kier molecular flexibility index (Phi) is 3.25. The smallest absolute Gasteiger partial charge is 0.356 e. The third-order valence-electron chi connectivity index (χ3n) is 2.55. The van der Waals surface area contributed by atoms with Crippen LogP contribution in [0.1, 0.15) is 10.5 Å². The van der Waals surface area contributed by atoms with Crippen LogP contribution in [0.25, 0.3) is 11.3 Å². The summed E-state index contributed by atoms with van der Waals surface area (Å²) in [4.78, 5) is 10.9. The van der Waals surface area contributed by atoms with Crippen LogP contribution in [0.15, 0.2) is 24.3 Å². The second-order valence-corrected chi connectivity index (χ2v) is 4.10. The van der Waals surface area contributed by atoms with E-state index in [2.05, 4.69) is 5.10 Å². The maximum absolute atomic E-state index is 10.9. The van der Waals surface area contributed by atoms with Crippen molar-refractivity contribution in [2.75, 3.05) is 7.11 Å². The molecule has 0 aliphatic rings. The van der Waals surface area contributed by atoms with Gasteiger partial charge in [-0.2, -0.15) is 5.10 Å². The van der Waals surface area contributed by atoms with Crippen molar-refractivity contribution in [2.45, 2.75) is 0 Å². The Morgan fingerprint density at radius 2 is 2.17 bits per heavy atom. The summed E-state index contributed by atoms with van der Waals surface area (Å²) in [6, 6.07) is 6.65. The van der Waals surface area contributed by atoms with Gasteiger partial charge in [0.1, 0.15) is 5.75 Å². The first kappa shape index (κ1) is 12.4. The molecule has 18 heavy (non-hydrogen) atoms. The lowest BCUT2D eigenvalue weighted by molar-refractivity contribution is 0.0689. The zero-order valence-corrected chi connectivity index (χ0v) is 10.6. The Morgan fingerprint density at radius 3 is 2.72 bits per heavy atom. The van der Waals surface area contributed by atoms with Crippen molar-refractivity contribution >= 4 is 17.6 Å². The molecule has 2 aromatic rings. The Balaban J connectivity index is 2.57. The predicted molar refractivity (Wildman–Crippen MR) is 67.2 cm³/mol. The highest BCUT2D eigenvalue weighted by Crippen LogP contribution is 2.31. The van der Waals surface area contributed by atoms with Crippen LogP contribution in [0, 0.1) is 0 Å². The van der Waals surface area contributed by atoms with Crippen LogP contribution < -0.4 is 4.74 Å². The number of hydrogen-bond acceptors (Lipinski definition) is 3. The lowest BCUT2D eigenvalue weighted by Gasteiger charge is -2.07. The van der Waals surface area contributed by atoms with Gasteiger partial charge in [-0.1, -0.05) is 11.6 Å². The Bertz CT molecular complexity index is 607.